The van der Waals surface area contributed by atoms with Gasteiger partial charge >= 0.3 is 0 Å². The van der Waals surface area contributed by atoms with Crippen molar-refractivity contribution in [2.24, 2.45) is 5.92 Å². The van der Waals surface area contributed by atoms with Gasteiger partial charge in [-0.3, -0.25) is 14.6 Å². The molecule has 1 aromatic rings. The number of likely N-dealkylation sites (tertiary alicyclic amines) is 1. The largest absolute Gasteiger partial charge is 0.355 e. The van der Waals surface area contributed by atoms with E-state index in [0.717, 1.165) is 44.7 Å². The summed E-state index contributed by atoms with van der Waals surface area (Å²) in [6.07, 6.45) is 6.76. The van der Waals surface area contributed by atoms with E-state index in [0.29, 0.717) is 30.0 Å². The zero-order valence-corrected chi connectivity index (χ0v) is 15.3. The second-order valence-corrected chi connectivity index (χ2v) is 7.15. The highest BCUT2D eigenvalue weighted by atomic mass is 16.2. The number of fused-ring (bicyclic) bond motifs is 1. The van der Waals surface area contributed by atoms with Crippen LogP contribution >= 0.6 is 0 Å². The van der Waals surface area contributed by atoms with Crippen molar-refractivity contribution in [3.05, 3.63) is 18.1 Å². The van der Waals surface area contributed by atoms with Gasteiger partial charge in [-0.05, 0) is 25.2 Å². The number of anilines is 1. The molecule has 2 fully saturated rings. The average Bonchev–Trinajstić information content (AvgIpc) is 2.63. The molecule has 1 aromatic heterocycles. The van der Waals surface area contributed by atoms with E-state index in [1.165, 1.54) is 11.1 Å². The Kier molecular flexibility index (Phi) is 5.20. The maximum absolute atomic E-state index is 12.2. The molecule has 2 amide bonds. The second kappa shape index (κ2) is 7.37. The van der Waals surface area contributed by atoms with Crippen LogP contribution in [0, 0.1) is 5.92 Å². The molecule has 2 atom stereocenters. The molecule has 2 aliphatic rings. The zero-order chi connectivity index (χ0) is 18.0. The first-order chi connectivity index (χ1) is 12.0. The van der Waals surface area contributed by atoms with Crippen LogP contribution in [0.1, 0.15) is 43.1 Å². The van der Waals surface area contributed by atoms with Crippen molar-refractivity contribution in [1.29, 1.82) is 0 Å². The molecule has 0 spiro atoms. The molecule has 3 rings (SSSR count). The van der Waals surface area contributed by atoms with Crippen molar-refractivity contribution < 1.29 is 9.59 Å². The third-order valence-electron chi connectivity index (χ3n) is 5.18. The van der Waals surface area contributed by atoms with Gasteiger partial charge in [-0.1, -0.05) is 6.92 Å². The number of carbonyl (C=O) groups excluding carboxylic acids is 2. The van der Waals surface area contributed by atoms with Crippen molar-refractivity contribution in [2.45, 2.75) is 38.6 Å². The number of hydrogen-bond donors (Lipinski definition) is 0. The van der Waals surface area contributed by atoms with Crippen molar-refractivity contribution in [1.82, 2.24) is 19.8 Å². The van der Waals surface area contributed by atoms with Crippen LogP contribution < -0.4 is 4.90 Å². The molecule has 136 valence electrons. The molecule has 3 heterocycles. The van der Waals surface area contributed by atoms with Gasteiger partial charge in [-0.25, -0.2) is 4.98 Å². The molecular formula is C18H27N5O2. The SMILES string of the molecule is CCCN1C(=O)CC[C@H]2CN(c3cncc(C(=O)N(C)C)n3)CC[C@H]21. The Bertz CT molecular complexity index is 648. The first-order valence-electron chi connectivity index (χ1n) is 9.09. The number of amides is 2. The summed E-state index contributed by atoms with van der Waals surface area (Å²) in [5.41, 5.74) is 0.371. The van der Waals surface area contributed by atoms with Crippen molar-refractivity contribution in [3.8, 4) is 0 Å². The molecule has 0 bridgehead atoms. The van der Waals surface area contributed by atoms with Gasteiger partial charge in [0.1, 0.15) is 11.5 Å². The van der Waals surface area contributed by atoms with Crippen LogP contribution in [0.5, 0.6) is 0 Å². The summed E-state index contributed by atoms with van der Waals surface area (Å²) in [6, 6.07) is 0.344. The minimum absolute atomic E-state index is 0.137. The lowest BCUT2D eigenvalue weighted by molar-refractivity contribution is -0.139. The summed E-state index contributed by atoms with van der Waals surface area (Å²) in [5, 5.41) is 0. The highest BCUT2D eigenvalue weighted by molar-refractivity contribution is 5.91. The van der Waals surface area contributed by atoms with Crippen molar-refractivity contribution in [3.63, 3.8) is 0 Å². The lowest BCUT2D eigenvalue weighted by Crippen LogP contribution is -2.56. The van der Waals surface area contributed by atoms with E-state index in [9.17, 15) is 9.59 Å². The summed E-state index contributed by atoms with van der Waals surface area (Å²) >= 11 is 0. The minimum atomic E-state index is -0.137. The van der Waals surface area contributed by atoms with Gasteiger partial charge < -0.3 is 14.7 Å². The van der Waals surface area contributed by atoms with Gasteiger partial charge in [0.05, 0.1) is 12.4 Å². The molecular weight excluding hydrogens is 318 g/mol. The fourth-order valence-electron chi connectivity index (χ4n) is 3.93. The summed E-state index contributed by atoms with van der Waals surface area (Å²) in [5.74, 6) is 1.38. The summed E-state index contributed by atoms with van der Waals surface area (Å²) in [7, 11) is 3.42. The number of rotatable bonds is 4. The van der Waals surface area contributed by atoms with E-state index in [4.69, 9.17) is 0 Å². The number of aromatic nitrogens is 2. The Morgan fingerprint density at radius 2 is 2.12 bits per heavy atom. The molecule has 7 nitrogen and oxygen atoms in total. The Hall–Kier alpha value is -2.18. The first-order valence-corrected chi connectivity index (χ1v) is 9.09. The number of hydrogen-bond acceptors (Lipinski definition) is 5. The summed E-state index contributed by atoms with van der Waals surface area (Å²) in [4.78, 5) is 38.9. The molecule has 25 heavy (non-hydrogen) atoms. The smallest absolute Gasteiger partial charge is 0.273 e. The molecule has 0 saturated carbocycles. The maximum Gasteiger partial charge on any atom is 0.273 e. The van der Waals surface area contributed by atoms with E-state index in [2.05, 4.69) is 26.7 Å². The standard InChI is InChI=1S/C18H27N5O2/c1-4-8-23-15-7-9-22(12-13(15)5-6-17(23)24)16-11-19-10-14(20-16)18(25)21(2)3/h10-11,13,15H,4-9,12H2,1-3H3/t13-,15+/m0/s1. The number of nitrogens with zero attached hydrogens (tertiary/aromatic N) is 5. The van der Waals surface area contributed by atoms with Gasteiger partial charge in [0, 0.05) is 46.2 Å². The molecule has 2 aliphatic heterocycles. The summed E-state index contributed by atoms with van der Waals surface area (Å²) in [6.45, 7) is 4.68. The fourth-order valence-corrected chi connectivity index (χ4v) is 3.93. The minimum Gasteiger partial charge on any atom is -0.355 e. The molecule has 7 heteroatoms. The number of carbonyl (C=O) groups is 2. The molecule has 0 N–H and O–H groups in total. The highest BCUT2D eigenvalue weighted by Crippen LogP contribution is 2.32. The normalized spacial score (nSPS) is 23.4. The third kappa shape index (κ3) is 3.60. The van der Waals surface area contributed by atoms with Crippen LogP contribution in [0.25, 0.3) is 0 Å². The van der Waals surface area contributed by atoms with Gasteiger partial charge in [-0.15, -0.1) is 0 Å². The van der Waals surface area contributed by atoms with E-state index < -0.39 is 0 Å². The molecule has 0 aromatic carbocycles. The van der Waals surface area contributed by atoms with Crippen LogP contribution in [-0.2, 0) is 4.79 Å². The molecule has 0 aliphatic carbocycles. The van der Waals surface area contributed by atoms with Crippen LogP contribution in [0.3, 0.4) is 0 Å². The molecule has 0 unspecified atom stereocenters. The van der Waals surface area contributed by atoms with Crippen LogP contribution in [0.4, 0.5) is 5.82 Å². The van der Waals surface area contributed by atoms with Crippen molar-refractivity contribution >= 4 is 17.6 Å². The average molecular weight is 345 g/mol. The van der Waals surface area contributed by atoms with E-state index in [-0.39, 0.29) is 5.91 Å². The topological polar surface area (TPSA) is 69.6 Å². The predicted molar refractivity (Wildman–Crippen MR) is 95.4 cm³/mol. The quantitative estimate of drug-likeness (QED) is 0.825. The Morgan fingerprint density at radius 3 is 2.84 bits per heavy atom. The Balaban J connectivity index is 1.74. The van der Waals surface area contributed by atoms with Crippen LogP contribution in [-0.4, -0.2) is 71.4 Å². The monoisotopic (exact) mass is 345 g/mol. The number of piperidine rings is 2. The predicted octanol–water partition coefficient (Wildman–Crippen LogP) is 1.41. The van der Waals surface area contributed by atoms with E-state index in [1.54, 1.807) is 20.3 Å². The molecule has 2 saturated heterocycles. The second-order valence-electron chi connectivity index (χ2n) is 7.15. The van der Waals surface area contributed by atoms with Crippen LogP contribution in [0.2, 0.25) is 0 Å². The first kappa shape index (κ1) is 17.6. The van der Waals surface area contributed by atoms with E-state index >= 15 is 0 Å². The van der Waals surface area contributed by atoms with Gasteiger partial charge in [-0.2, -0.15) is 0 Å². The van der Waals surface area contributed by atoms with Gasteiger partial charge in [0.2, 0.25) is 5.91 Å². The van der Waals surface area contributed by atoms with Crippen molar-refractivity contribution in [2.75, 3.05) is 38.6 Å². The lowest BCUT2D eigenvalue weighted by Gasteiger charge is -2.47. The Morgan fingerprint density at radius 1 is 1.32 bits per heavy atom. The third-order valence-corrected chi connectivity index (χ3v) is 5.18. The van der Waals surface area contributed by atoms with Crippen LogP contribution in [0.15, 0.2) is 12.4 Å². The maximum atomic E-state index is 12.2. The Labute approximate surface area is 149 Å². The summed E-state index contributed by atoms with van der Waals surface area (Å²) < 4.78 is 0. The van der Waals surface area contributed by atoms with Gasteiger partial charge in [0.15, 0.2) is 0 Å². The van der Waals surface area contributed by atoms with E-state index in [1.807, 2.05) is 0 Å². The zero-order valence-electron chi connectivity index (χ0n) is 15.3. The lowest BCUT2D eigenvalue weighted by atomic mass is 9.83. The highest BCUT2D eigenvalue weighted by Gasteiger charge is 2.39. The molecule has 0 radical (unpaired) electrons. The van der Waals surface area contributed by atoms with Gasteiger partial charge in [0.25, 0.3) is 5.91 Å². The fraction of sp³-hybridized carbons (Fsp3) is 0.667.